The molecule has 3 rings (SSSR count). The molecule has 0 atom stereocenters. The van der Waals surface area contributed by atoms with Crippen molar-refractivity contribution in [3.8, 4) is 6.07 Å². The van der Waals surface area contributed by atoms with E-state index < -0.39 is 0 Å². The molecule has 3 aromatic rings. The molecule has 7 heteroatoms. The van der Waals surface area contributed by atoms with Crippen molar-refractivity contribution in [2.24, 2.45) is 0 Å². The van der Waals surface area contributed by atoms with Gasteiger partial charge >= 0.3 is 5.95 Å². The van der Waals surface area contributed by atoms with E-state index in [2.05, 4.69) is 10.4 Å². The standard InChI is InChI=1S/C14H9N5O2/c15-9-10-5-7-11(8-6-10)16-14-17-19(21)13-4-2-1-3-12(13)18(14)20/h1-8H,(H,16,17). The minimum atomic E-state index is -0.131. The number of hydrogen-bond acceptors (Lipinski definition) is 5. The van der Waals surface area contributed by atoms with Gasteiger partial charge in [-0.05, 0) is 30.3 Å². The topological polar surface area (TPSA) is 103 Å². The molecule has 0 aliphatic heterocycles. The van der Waals surface area contributed by atoms with Crippen molar-refractivity contribution >= 4 is 22.7 Å². The minimum Gasteiger partial charge on any atom is -0.739 e. The molecule has 0 amide bonds. The highest BCUT2D eigenvalue weighted by atomic mass is 16.5. The number of nitriles is 1. The Morgan fingerprint density at radius 2 is 1.67 bits per heavy atom. The lowest BCUT2D eigenvalue weighted by molar-refractivity contribution is -0.672. The van der Waals surface area contributed by atoms with Crippen LogP contribution in [0.15, 0.2) is 48.5 Å². The van der Waals surface area contributed by atoms with E-state index in [1.54, 1.807) is 42.5 Å². The third-order valence-corrected chi connectivity index (χ3v) is 2.95. The van der Waals surface area contributed by atoms with E-state index in [1.165, 1.54) is 6.07 Å². The number of aromatic nitrogens is 3. The molecular weight excluding hydrogens is 270 g/mol. The summed E-state index contributed by atoms with van der Waals surface area (Å²) in [6, 6.07) is 14.9. The van der Waals surface area contributed by atoms with Gasteiger partial charge in [0.25, 0.3) is 5.52 Å². The van der Waals surface area contributed by atoms with Crippen molar-refractivity contribution in [3.05, 3.63) is 64.5 Å². The molecule has 1 N–H and O–H groups in total. The maximum atomic E-state index is 12.2. The van der Waals surface area contributed by atoms with Crippen LogP contribution in [0.2, 0.25) is 0 Å². The van der Waals surface area contributed by atoms with Crippen LogP contribution in [0, 0.1) is 21.7 Å². The zero-order chi connectivity index (χ0) is 14.8. The normalized spacial score (nSPS) is 10.2. The Morgan fingerprint density at radius 3 is 2.33 bits per heavy atom. The van der Waals surface area contributed by atoms with Gasteiger partial charge in [-0.25, -0.2) is 10.0 Å². The van der Waals surface area contributed by atoms with Gasteiger partial charge in [0.15, 0.2) is 5.52 Å². The largest absolute Gasteiger partial charge is 0.739 e. The summed E-state index contributed by atoms with van der Waals surface area (Å²) in [5, 5.41) is 39.2. The monoisotopic (exact) mass is 279 g/mol. The highest BCUT2D eigenvalue weighted by Gasteiger charge is 2.19. The molecule has 0 aliphatic rings. The van der Waals surface area contributed by atoms with Crippen LogP contribution < -0.4 is 14.9 Å². The summed E-state index contributed by atoms with van der Waals surface area (Å²) < 4.78 is 0.557. The van der Waals surface area contributed by atoms with Gasteiger partial charge in [-0.15, -0.1) is 0 Å². The Hall–Kier alpha value is -3.40. The van der Waals surface area contributed by atoms with E-state index in [0.717, 1.165) is 0 Å². The number of para-hydroxylation sites is 2. The number of rotatable bonds is 2. The fraction of sp³-hybridized carbons (Fsp3) is 0. The van der Waals surface area contributed by atoms with Crippen LogP contribution in [0.3, 0.4) is 0 Å². The summed E-state index contributed by atoms with van der Waals surface area (Å²) in [6.07, 6.45) is 0. The number of anilines is 2. The maximum Gasteiger partial charge on any atom is 0.465 e. The summed E-state index contributed by atoms with van der Waals surface area (Å²) >= 11 is 0. The average Bonchev–Trinajstić information content (AvgIpc) is 2.53. The maximum absolute atomic E-state index is 12.2. The van der Waals surface area contributed by atoms with Crippen LogP contribution in [0.1, 0.15) is 5.56 Å². The molecular formula is C14H9N5O2. The molecule has 0 aliphatic carbocycles. The molecule has 0 spiro atoms. The summed E-state index contributed by atoms with van der Waals surface area (Å²) in [6.45, 7) is 0. The van der Waals surface area contributed by atoms with E-state index in [0.29, 0.717) is 20.8 Å². The SMILES string of the molecule is N#Cc1ccc(Nc2n[n+]([O-])c3ccccc3[n+]2[O-])cc1. The van der Waals surface area contributed by atoms with Gasteiger partial charge in [0.05, 0.1) is 17.3 Å². The Kier molecular flexibility index (Phi) is 2.97. The number of nitrogens with one attached hydrogen (secondary N) is 1. The van der Waals surface area contributed by atoms with E-state index in [1.807, 2.05) is 6.07 Å². The van der Waals surface area contributed by atoms with Gasteiger partial charge in [-0.2, -0.15) is 5.26 Å². The van der Waals surface area contributed by atoms with Gasteiger partial charge in [0.2, 0.25) is 5.10 Å². The molecule has 1 aromatic heterocycles. The Labute approximate surface area is 119 Å². The lowest BCUT2D eigenvalue weighted by Crippen LogP contribution is -2.43. The minimum absolute atomic E-state index is 0.131. The molecule has 2 aromatic carbocycles. The van der Waals surface area contributed by atoms with E-state index in [-0.39, 0.29) is 17.0 Å². The molecule has 0 bridgehead atoms. The highest BCUT2D eigenvalue weighted by Crippen LogP contribution is 2.13. The van der Waals surface area contributed by atoms with Crippen molar-refractivity contribution in [3.63, 3.8) is 0 Å². The fourth-order valence-corrected chi connectivity index (χ4v) is 1.93. The summed E-state index contributed by atoms with van der Waals surface area (Å²) in [7, 11) is 0. The summed E-state index contributed by atoms with van der Waals surface area (Å²) in [4.78, 5) is 0.399. The number of nitrogens with zero attached hydrogens (tertiary/aromatic N) is 4. The van der Waals surface area contributed by atoms with Gasteiger partial charge in [0.1, 0.15) is 0 Å². The molecule has 0 saturated carbocycles. The van der Waals surface area contributed by atoms with Crippen molar-refractivity contribution in [2.75, 3.05) is 5.32 Å². The van der Waals surface area contributed by atoms with Crippen LogP contribution in [0.5, 0.6) is 0 Å². The van der Waals surface area contributed by atoms with Gasteiger partial charge < -0.3 is 10.4 Å². The first-order valence-corrected chi connectivity index (χ1v) is 6.08. The van der Waals surface area contributed by atoms with E-state index >= 15 is 0 Å². The third kappa shape index (κ3) is 2.26. The van der Waals surface area contributed by atoms with Crippen molar-refractivity contribution in [1.29, 1.82) is 5.26 Å². The summed E-state index contributed by atoms with van der Waals surface area (Å²) in [5.41, 5.74) is 1.47. The smallest absolute Gasteiger partial charge is 0.465 e. The zero-order valence-corrected chi connectivity index (χ0v) is 10.7. The van der Waals surface area contributed by atoms with Crippen LogP contribution in [0.4, 0.5) is 11.6 Å². The van der Waals surface area contributed by atoms with E-state index in [9.17, 15) is 10.4 Å². The summed E-state index contributed by atoms with van der Waals surface area (Å²) in [5.74, 6) is -0.131. The highest BCUT2D eigenvalue weighted by molar-refractivity contribution is 5.67. The van der Waals surface area contributed by atoms with Crippen LogP contribution in [0.25, 0.3) is 11.0 Å². The first-order valence-electron chi connectivity index (χ1n) is 6.08. The first kappa shape index (κ1) is 12.6. The number of benzene rings is 2. The molecule has 1 heterocycles. The Morgan fingerprint density at radius 1 is 1.00 bits per heavy atom. The molecule has 0 unspecified atom stereocenters. The van der Waals surface area contributed by atoms with Gasteiger partial charge in [-0.1, -0.05) is 12.1 Å². The first-order chi connectivity index (χ1) is 10.2. The average molecular weight is 279 g/mol. The lowest BCUT2D eigenvalue weighted by Gasteiger charge is -2.09. The van der Waals surface area contributed by atoms with Crippen LogP contribution in [-0.2, 0) is 0 Å². The molecule has 21 heavy (non-hydrogen) atoms. The molecule has 0 radical (unpaired) electrons. The predicted octanol–water partition coefficient (Wildman–Crippen LogP) is 1.12. The predicted molar refractivity (Wildman–Crippen MR) is 74.1 cm³/mol. The van der Waals surface area contributed by atoms with Crippen molar-refractivity contribution < 1.29 is 9.58 Å². The molecule has 7 nitrogen and oxygen atoms in total. The molecule has 0 fully saturated rings. The second-order valence-electron chi connectivity index (χ2n) is 4.29. The molecule has 0 saturated heterocycles. The Bertz CT molecular complexity index is 856. The Balaban J connectivity index is 2.04. The zero-order valence-electron chi connectivity index (χ0n) is 10.7. The fourth-order valence-electron chi connectivity index (χ4n) is 1.93. The van der Waals surface area contributed by atoms with Gasteiger partial charge in [-0.3, -0.25) is 0 Å². The molecule has 102 valence electrons. The van der Waals surface area contributed by atoms with Crippen LogP contribution >= 0.6 is 0 Å². The van der Waals surface area contributed by atoms with Crippen molar-refractivity contribution in [1.82, 2.24) is 5.10 Å². The van der Waals surface area contributed by atoms with Crippen LogP contribution in [-0.4, -0.2) is 5.10 Å². The second kappa shape index (κ2) is 4.94. The number of fused-ring (bicyclic) bond motifs is 1. The van der Waals surface area contributed by atoms with E-state index in [4.69, 9.17) is 5.26 Å². The van der Waals surface area contributed by atoms with Crippen molar-refractivity contribution in [2.45, 2.75) is 0 Å². The number of hydrogen-bond donors (Lipinski definition) is 1. The third-order valence-electron chi connectivity index (χ3n) is 2.95. The quantitative estimate of drug-likeness (QED) is 0.559. The second-order valence-corrected chi connectivity index (χ2v) is 4.29. The lowest BCUT2D eigenvalue weighted by atomic mass is 10.2. The van der Waals surface area contributed by atoms with Gasteiger partial charge in [0, 0.05) is 10.9 Å².